The molecule has 3 heterocycles. The van der Waals surface area contributed by atoms with E-state index in [1.807, 2.05) is 18.2 Å². The molecule has 1 aromatic carbocycles. The van der Waals surface area contributed by atoms with Gasteiger partial charge in [-0.3, -0.25) is 9.69 Å². The molecule has 4 aliphatic rings. The number of benzene rings is 1. The molecule has 10 nitrogen and oxygen atoms in total. The van der Waals surface area contributed by atoms with Gasteiger partial charge in [0.2, 0.25) is 6.79 Å². The number of aliphatic carboxylic acids is 1. The van der Waals surface area contributed by atoms with Gasteiger partial charge in [0.15, 0.2) is 23.2 Å². The summed E-state index contributed by atoms with van der Waals surface area (Å²) in [5.41, 5.74) is -1.65. The first kappa shape index (κ1) is 26.8. The zero-order chi connectivity index (χ0) is 27.3. The highest BCUT2D eigenvalue weighted by Gasteiger charge is 2.59. The van der Waals surface area contributed by atoms with E-state index in [2.05, 4.69) is 4.90 Å². The number of carbonyl (C=O) groups excluding carboxylic acids is 1. The monoisotopic (exact) mass is 531 g/mol. The maximum Gasteiger partial charge on any atom is 0.339 e. The minimum Gasteiger partial charge on any atom is -0.497 e. The number of fused-ring (bicyclic) bond motifs is 3. The molecule has 3 aliphatic heterocycles. The average Bonchev–Trinajstić information content (AvgIpc) is 3.51. The van der Waals surface area contributed by atoms with Gasteiger partial charge < -0.3 is 34.3 Å². The van der Waals surface area contributed by atoms with Crippen LogP contribution in [0.1, 0.15) is 69.4 Å². The third-order valence-electron chi connectivity index (χ3n) is 8.40. The molecule has 1 aromatic rings. The summed E-state index contributed by atoms with van der Waals surface area (Å²) in [6.45, 7) is 5.10. The second-order valence-corrected chi connectivity index (χ2v) is 11.6. The molecule has 0 aromatic heterocycles. The topological polar surface area (TPSA) is 135 Å². The first-order chi connectivity index (χ1) is 18.0. The van der Waals surface area contributed by atoms with E-state index in [-0.39, 0.29) is 32.0 Å². The van der Waals surface area contributed by atoms with Crippen LogP contribution in [-0.2, 0) is 25.5 Å². The predicted molar refractivity (Wildman–Crippen MR) is 135 cm³/mol. The van der Waals surface area contributed by atoms with Crippen LogP contribution < -0.4 is 9.47 Å². The van der Waals surface area contributed by atoms with Crippen LogP contribution in [0.4, 0.5) is 0 Å². The van der Waals surface area contributed by atoms with Crippen LogP contribution in [0.25, 0.3) is 0 Å². The maximum absolute atomic E-state index is 13.6. The lowest BCUT2D eigenvalue weighted by molar-refractivity contribution is -0.178. The summed E-state index contributed by atoms with van der Waals surface area (Å²) in [5, 5.41) is 30.9. The van der Waals surface area contributed by atoms with Crippen LogP contribution in [0.15, 0.2) is 24.0 Å². The van der Waals surface area contributed by atoms with Gasteiger partial charge >= 0.3 is 11.9 Å². The molecule has 38 heavy (non-hydrogen) atoms. The van der Waals surface area contributed by atoms with Crippen molar-refractivity contribution in [2.75, 3.05) is 27.0 Å². The molecule has 1 fully saturated rings. The molecule has 10 heteroatoms. The third kappa shape index (κ3) is 4.74. The highest BCUT2D eigenvalue weighted by Crippen LogP contribution is 2.55. The number of rotatable bonds is 9. The fraction of sp³-hybridized carbons (Fsp3) is 0.643. The number of nitrogens with zero attached hydrogens (tertiary/aromatic N) is 1. The quantitative estimate of drug-likeness (QED) is 0.408. The second kappa shape index (κ2) is 9.73. The van der Waals surface area contributed by atoms with E-state index in [1.54, 1.807) is 13.8 Å². The number of carbonyl (C=O) groups is 2. The van der Waals surface area contributed by atoms with Crippen LogP contribution >= 0.6 is 0 Å². The summed E-state index contributed by atoms with van der Waals surface area (Å²) >= 11 is 0. The molecule has 0 saturated carbocycles. The van der Waals surface area contributed by atoms with Crippen molar-refractivity contribution in [1.82, 2.24) is 4.90 Å². The zero-order valence-corrected chi connectivity index (χ0v) is 22.2. The summed E-state index contributed by atoms with van der Waals surface area (Å²) in [6.07, 6.45) is 3.38. The van der Waals surface area contributed by atoms with E-state index in [1.165, 1.54) is 7.11 Å². The van der Waals surface area contributed by atoms with Crippen LogP contribution in [0, 0.1) is 0 Å². The number of esters is 1. The van der Waals surface area contributed by atoms with Crippen molar-refractivity contribution < 1.29 is 43.9 Å². The molecule has 208 valence electrons. The van der Waals surface area contributed by atoms with E-state index in [0.717, 1.165) is 43.5 Å². The smallest absolute Gasteiger partial charge is 0.339 e. The number of methoxy groups -OCH3 is 1. The van der Waals surface area contributed by atoms with Gasteiger partial charge in [0, 0.05) is 6.54 Å². The molecule has 0 amide bonds. The minimum atomic E-state index is -2.25. The highest BCUT2D eigenvalue weighted by molar-refractivity contribution is 5.85. The number of ether oxygens (including phenoxy) is 4. The van der Waals surface area contributed by atoms with E-state index >= 15 is 0 Å². The lowest BCUT2D eigenvalue weighted by Gasteiger charge is -2.39. The van der Waals surface area contributed by atoms with Crippen LogP contribution in [-0.4, -0.2) is 82.0 Å². The van der Waals surface area contributed by atoms with Crippen molar-refractivity contribution in [3.8, 4) is 11.5 Å². The molecule has 2 unspecified atom stereocenters. The Morgan fingerprint density at radius 1 is 1.16 bits per heavy atom. The van der Waals surface area contributed by atoms with Crippen molar-refractivity contribution in [1.29, 1.82) is 0 Å². The van der Waals surface area contributed by atoms with Crippen molar-refractivity contribution in [3.05, 3.63) is 35.1 Å². The molecule has 1 saturated heterocycles. The van der Waals surface area contributed by atoms with Gasteiger partial charge in [-0.25, -0.2) is 4.79 Å². The lowest BCUT2D eigenvalue weighted by Crippen LogP contribution is -2.49. The Balaban J connectivity index is 1.50. The molecule has 1 aliphatic carbocycles. The molecular weight excluding hydrogens is 494 g/mol. The van der Waals surface area contributed by atoms with E-state index in [4.69, 9.17) is 18.9 Å². The molecule has 4 atom stereocenters. The van der Waals surface area contributed by atoms with Crippen molar-refractivity contribution in [3.63, 3.8) is 0 Å². The molecule has 0 bridgehead atoms. The fourth-order valence-corrected chi connectivity index (χ4v) is 6.65. The largest absolute Gasteiger partial charge is 0.497 e. The van der Waals surface area contributed by atoms with Gasteiger partial charge in [-0.05, 0) is 88.3 Å². The Bertz CT molecular complexity index is 1140. The predicted octanol–water partition coefficient (Wildman–Crippen LogP) is 2.49. The van der Waals surface area contributed by atoms with E-state index < -0.39 is 41.2 Å². The van der Waals surface area contributed by atoms with Crippen LogP contribution in [0.5, 0.6) is 11.5 Å². The van der Waals surface area contributed by atoms with Gasteiger partial charge in [0.25, 0.3) is 0 Å². The molecule has 0 radical (unpaired) electrons. The zero-order valence-electron chi connectivity index (χ0n) is 22.2. The Morgan fingerprint density at radius 2 is 1.89 bits per heavy atom. The summed E-state index contributed by atoms with van der Waals surface area (Å²) in [5.74, 6) is -0.843. The second-order valence-electron chi connectivity index (χ2n) is 11.6. The van der Waals surface area contributed by atoms with Gasteiger partial charge in [0.05, 0.1) is 30.6 Å². The number of carboxylic acids is 1. The van der Waals surface area contributed by atoms with Crippen LogP contribution in [0.2, 0.25) is 0 Å². The minimum absolute atomic E-state index is 0.146. The molecule has 1 spiro atoms. The fourth-order valence-electron chi connectivity index (χ4n) is 6.65. The summed E-state index contributed by atoms with van der Waals surface area (Å²) in [6, 6.07) is 3.96. The molecule has 5 rings (SSSR count). The summed E-state index contributed by atoms with van der Waals surface area (Å²) < 4.78 is 23.1. The van der Waals surface area contributed by atoms with Gasteiger partial charge in [-0.2, -0.15) is 0 Å². The highest BCUT2D eigenvalue weighted by atomic mass is 16.7. The average molecular weight is 532 g/mol. The first-order valence-corrected chi connectivity index (χ1v) is 13.3. The van der Waals surface area contributed by atoms with Gasteiger partial charge in [-0.15, -0.1) is 0 Å². The van der Waals surface area contributed by atoms with E-state index in [0.29, 0.717) is 17.3 Å². The van der Waals surface area contributed by atoms with Gasteiger partial charge in [-0.1, -0.05) is 0 Å². The standard InChI is InChI=1S/C28H37NO9/c1-26(2,33)7-4-9-28(34,15-22(30)31)25(32)38-24-21(35-3)14-27-8-5-10-29(27)11-6-17-12-19-20(37-16-36-19)13-18(17)23(24)27/h12-14,23-24,33-34H,4-11,15-16H2,1-3H3,(H,30,31)/t23-,24?,27+,28?/m1/s1. The Kier molecular flexibility index (Phi) is 6.86. The van der Waals surface area contributed by atoms with Crippen LogP contribution in [0.3, 0.4) is 0 Å². The SMILES string of the molecule is COC1=C[C@]23CCCN2CCc2cc4c(cc2[C@@H]3C1OC(=O)C(O)(CCCC(C)(C)O)CC(=O)O)OCO4. The number of hydrogen-bond acceptors (Lipinski definition) is 9. The third-order valence-corrected chi connectivity index (χ3v) is 8.40. The number of hydrogen-bond donors (Lipinski definition) is 3. The Hall–Kier alpha value is -2.82. The normalized spacial score (nSPS) is 27.4. The molecule has 3 N–H and O–H groups in total. The number of aliphatic hydroxyl groups is 2. The summed E-state index contributed by atoms with van der Waals surface area (Å²) in [4.78, 5) is 27.6. The summed E-state index contributed by atoms with van der Waals surface area (Å²) in [7, 11) is 1.53. The lowest BCUT2D eigenvalue weighted by atomic mass is 9.77. The molecular formula is C28H37NO9. The van der Waals surface area contributed by atoms with Gasteiger partial charge in [0.1, 0.15) is 5.76 Å². The van der Waals surface area contributed by atoms with E-state index in [9.17, 15) is 24.9 Å². The Morgan fingerprint density at radius 3 is 2.58 bits per heavy atom. The van der Waals surface area contributed by atoms with Crippen molar-refractivity contribution >= 4 is 11.9 Å². The first-order valence-electron chi connectivity index (χ1n) is 13.3. The number of carboxylic acid groups (broad SMARTS) is 1. The maximum atomic E-state index is 13.6. The van der Waals surface area contributed by atoms with Crippen molar-refractivity contribution in [2.45, 2.75) is 87.6 Å². The van der Waals surface area contributed by atoms with Crippen molar-refractivity contribution in [2.24, 2.45) is 0 Å². The Labute approximate surface area is 222 Å².